The van der Waals surface area contributed by atoms with Gasteiger partial charge in [-0.25, -0.2) is 23.0 Å². The maximum absolute atomic E-state index is 14.5. The van der Waals surface area contributed by atoms with Gasteiger partial charge in [0.15, 0.2) is 11.7 Å². The van der Waals surface area contributed by atoms with Gasteiger partial charge in [0, 0.05) is 17.4 Å². The molecule has 10 heteroatoms. The molecule has 3 rings (SSSR count). The van der Waals surface area contributed by atoms with E-state index < -0.39 is 48.3 Å². The Balaban J connectivity index is 1.94. The average molecular weight is 389 g/mol. The number of nitrogens with zero attached hydrogens (tertiary/aromatic N) is 3. The van der Waals surface area contributed by atoms with Crippen molar-refractivity contribution < 1.29 is 22.7 Å². The zero-order chi connectivity index (χ0) is 20.3. The Morgan fingerprint density at radius 3 is 2.86 bits per heavy atom. The summed E-state index contributed by atoms with van der Waals surface area (Å²) in [6.07, 6.45) is -0.753. The number of carbonyl (C=O) groups is 1. The van der Waals surface area contributed by atoms with Gasteiger partial charge in [0.1, 0.15) is 24.8 Å². The Hall–Kier alpha value is -3.61. The number of aliphatic imine (C=N–C) groups is 1. The molecule has 3 N–H and O–H groups in total. The lowest BCUT2D eigenvalue weighted by molar-refractivity contribution is 0.0664. The van der Waals surface area contributed by atoms with E-state index in [2.05, 4.69) is 20.1 Å². The van der Waals surface area contributed by atoms with Crippen LogP contribution in [-0.4, -0.2) is 36.4 Å². The minimum Gasteiger partial charge on any atom is -0.462 e. The van der Waals surface area contributed by atoms with Gasteiger partial charge in [-0.05, 0) is 24.3 Å². The molecular formula is C18H14F3N5O2. The molecule has 28 heavy (non-hydrogen) atoms. The van der Waals surface area contributed by atoms with Gasteiger partial charge in [-0.1, -0.05) is 6.07 Å². The number of nitrogens with one attached hydrogen (secondary N) is 1. The van der Waals surface area contributed by atoms with E-state index in [9.17, 15) is 18.0 Å². The third kappa shape index (κ3) is 3.46. The van der Waals surface area contributed by atoms with Crippen LogP contribution < -0.4 is 11.1 Å². The standard InChI is InChI=1S/C18H14F3N5O2/c1-23-11-3-5-14(24-7-11)16(27)25-10-2-4-13(20)12(6-10)18(9-19)15(21)8-28-17(22)26-18/h2-7,15H,8-9H2,(H2,22,26)(H,25,27)/t15-,18-/m1/s1. The summed E-state index contributed by atoms with van der Waals surface area (Å²) in [7, 11) is 0. The summed E-state index contributed by atoms with van der Waals surface area (Å²) in [6.45, 7) is 4.94. The highest BCUT2D eigenvalue weighted by Crippen LogP contribution is 2.38. The van der Waals surface area contributed by atoms with Gasteiger partial charge in [0.25, 0.3) is 11.9 Å². The van der Waals surface area contributed by atoms with Crippen molar-refractivity contribution in [2.45, 2.75) is 11.7 Å². The zero-order valence-electron chi connectivity index (χ0n) is 14.3. The van der Waals surface area contributed by atoms with Crippen LogP contribution in [-0.2, 0) is 10.3 Å². The molecular weight excluding hydrogens is 375 g/mol. The first kappa shape index (κ1) is 19.2. The number of carbonyl (C=O) groups excluding carboxylic acids is 1. The lowest BCUT2D eigenvalue weighted by Gasteiger charge is -2.34. The van der Waals surface area contributed by atoms with Gasteiger partial charge in [0.05, 0.1) is 6.57 Å². The van der Waals surface area contributed by atoms with Gasteiger partial charge >= 0.3 is 0 Å². The van der Waals surface area contributed by atoms with Crippen molar-refractivity contribution in [2.24, 2.45) is 10.7 Å². The number of amides is 1. The van der Waals surface area contributed by atoms with Gasteiger partial charge in [-0.15, -0.1) is 0 Å². The SMILES string of the molecule is [C-]#[N+]c1ccc(C(=O)Nc2ccc(F)c([C@@]3(CF)N=C(N)OC[C@H]3F)c2)nc1. The summed E-state index contributed by atoms with van der Waals surface area (Å²) in [5.41, 5.74) is 3.17. The summed E-state index contributed by atoms with van der Waals surface area (Å²) in [6, 6.07) is 5.59. The van der Waals surface area contributed by atoms with E-state index in [4.69, 9.17) is 17.0 Å². The van der Waals surface area contributed by atoms with Crippen molar-refractivity contribution in [1.82, 2.24) is 4.98 Å². The van der Waals surface area contributed by atoms with E-state index in [0.29, 0.717) is 0 Å². The Kier molecular flexibility index (Phi) is 5.17. The fourth-order valence-electron chi connectivity index (χ4n) is 2.73. The second-order valence-corrected chi connectivity index (χ2v) is 5.95. The van der Waals surface area contributed by atoms with Crippen molar-refractivity contribution in [2.75, 3.05) is 18.6 Å². The first-order chi connectivity index (χ1) is 13.4. The predicted molar refractivity (Wildman–Crippen MR) is 95.0 cm³/mol. The number of amidine groups is 1. The van der Waals surface area contributed by atoms with Gasteiger partial charge in [-0.2, -0.15) is 0 Å². The van der Waals surface area contributed by atoms with Crippen LogP contribution in [0.4, 0.5) is 24.5 Å². The number of hydrogen-bond donors (Lipinski definition) is 2. The lowest BCUT2D eigenvalue weighted by atomic mass is 9.86. The van der Waals surface area contributed by atoms with Crippen molar-refractivity contribution in [1.29, 1.82) is 0 Å². The quantitative estimate of drug-likeness (QED) is 0.787. The fraction of sp³-hybridized carbons (Fsp3) is 0.222. The number of alkyl halides is 2. The molecule has 144 valence electrons. The van der Waals surface area contributed by atoms with E-state index in [-0.39, 0.29) is 17.1 Å². The van der Waals surface area contributed by atoms with E-state index >= 15 is 0 Å². The fourth-order valence-corrected chi connectivity index (χ4v) is 2.73. The largest absolute Gasteiger partial charge is 0.462 e. The Bertz CT molecular complexity index is 974. The van der Waals surface area contributed by atoms with Gasteiger partial charge in [-0.3, -0.25) is 9.78 Å². The molecule has 2 heterocycles. The van der Waals surface area contributed by atoms with Crippen molar-refractivity contribution in [3.05, 3.63) is 65.0 Å². The molecule has 0 unspecified atom stereocenters. The molecule has 1 aliphatic rings. The smallest absolute Gasteiger partial charge is 0.283 e. The highest BCUT2D eigenvalue weighted by Gasteiger charge is 2.47. The second kappa shape index (κ2) is 7.56. The maximum atomic E-state index is 14.5. The molecule has 2 atom stereocenters. The number of ether oxygens (including phenoxy) is 1. The number of rotatable bonds is 4. The number of halogens is 3. The molecule has 1 aromatic carbocycles. The molecule has 1 aromatic heterocycles. The number of nitrogens with two attached hydrogens (primary N) is 1. The minimum atomic E-state index is -2.21. The maximum Gasteiger partial charge on any atom is 0.283 e. The molecule has 0 spiro atoms. The molecule has 0 bridgehead atoms. The zero-order valence-corrected chi connectivity index (χ0v) is 14.3. The highest BCUT2D eigenvalue weighted by atomic mass is 19.1. The monoisotopic (exact) mass is 389 g/mol. The third-order valence-corrected chi connectivity index (χ3v) is 4.21. The van der Waals surface area contributed by atoms with Crippen LogP contribution in [0.25, 0.3) is 4.85 Å². The Morgan fingerprint density at radius 2 is 2.21 bits per heavy atom. The number of anilines is 1. The summed E-state index contributed by atoms with van der Waals surface area (Å²) >= 11 is 0. The Labute approximate surface area is 157 Å². The molecule has 0 fully saturated rings. The van der Waals surface area contributed by atoms with Crippen molar-refractivity contribution >= 4 is 23.3 Å². The molecule has 0 saturated heterocycles. The van der Waals surface area contributed by atoms with Crippen LogP contribution in [0.15, 0.2) is 41.5 Å². The average Bonchev–Trinajstić information content (AvgIpc) is 2.71. The minimum absolute atomic E-state index is 0.00943. The number of hydrogen-bond acceptors (Lipinski definition) is 5. The molecule has 0 aliphatic carbocycles. The number of aromatic nitrogens is 1. The summed E-state index contributed by atoms with van der Waals surface area (Å²) in [4.78, 5) is 23.0. The van der Waals surface area contributed by atoms with Crippen LogP contribution in [0.3, 0.4) is 0 Å². The molecule has 0 radical (unpaired) electrons. The highest BCUT2D eigenvalue weighted by molar-refractivity contribution is 6.03. The molecule has 7 nitrogen and oxygen atoms in total. The van der Waals surface area contributed by atoms with E-state index in [1.54, 1.807) is 0 Å². The molecule has 1 aliphatic heterocycles. The molecule has 2 aromatic rings. The van der Waals surface area contributed by atoms with Gasteiger partial charge < -0.3 is 15.8 Å². The van der Waals surface area contributed by atoms with Crippen LogP contribution in [0.1, 0.15) is 16.1 Å². The van der Waals surface area contributed by atoms with Crippen LogP contribution in [0.2, 0.25) is 0 Å². The van der Waals surface area contributed by atoms with Crippen molar-refractivity contribution in [3.8, 4) is 0 Å². The van der Waals surface area contributed by atoms with Gasteiger partial charge in [0.2, 0.25) is 5.69 Å². The van der Waals surface area contributed by atoms with Crippen LogP contribution in [0, 0.1) is 12.4 Å². The van der Waals surface area contributed by atoms with Crippen LogP contribution in [0.5, 0.6) is 0 Å². The van der Waals surface area contributed by atoms with E-state index in [0.717, 1.165) is 12.1 Å². The molecule has 1 amide bonds. The Morgan fingerprint density at radius 1 is 1.43 bits per heavy atom. The topological polar surface area (TPSA) is 94.0 Å². The molecule has 0 saturated carbocycles. The lowest BCUT2D eigenvalue weighted by Crippen LogP contribution is -2.47. The van der Waals surface area contributed by atoms with E-state index in [1.807, 2.05) is 0 Å². The van der Waals surface area contributed by atoms with E-state index in [1.165, 1.54) is 24.4 Å². The second-order valence-electron chi connectivity index (χ2n) is 5.95. The summed E-state index contributed by atoms with van der Waals surface area (Å²) < 4.78 is 47.4. The third-order valence-electron chi connectivity index (χ3n) is 4.21. The number of benzene rings is 1. The normalized spacial score (nSPS) is 21.2. The first-order valence-electron chi connectivity index (χ1n) is 8.02. The van der Waals surface area contributed by atoms with Crippen LogP contribution >= 0.6 is 0 Å². The number of pyridine rings is 1. The summed E-state index contributed by atoms with van der Waals surface area (Å²) in [5.74, 6) is -1.55. The first-order valence-corrected chi connectivity index (χ1v) is 8.02. The van der Waals surface area contributed by atoms with Crippen molar-refractivity contribution in [3.63, 3.8) is 0 Å². The summed E-state index contributed by atoms with van der Waals surface area (Å²) in [5, 5.41) is 2.47. The predicted octanol–water partition coefficient (Wildman–Crippen LogP) is 2.87.